The highest BCUT2D eigenvalue weighted by Gasteiger charge is 2.12. The molecule has 0 radical (unpaired) electrons. The van der Waals surface area contributed by atoms with Gasteiger partial charge in [0.25, 0.3) is 0 Å². The Hall–Kier alpha value is -1.38. The van der Waals surface area contributed by atoms with Crippen LogP contribution in [0.5, 0.6) is 0 Å². The third-order valence-corrected chi connectivity index (χ3v) is 4.02. The van der Waals surface area contributed by atoms with Crippen molar-refractivity contribution in [2.75, 3.05) is 6.54 Å². The first kappa shape index (κ1) is 14.7. The summed E-state index contributed by atoms with van der Waals surface area (Å²) in [4.78, 5) is 0.200. The van der Waals surface area contributed by atoms with Gasteiger partial charge in [-0.05, 0) is 43.0 Å². The summed E-state index contributed by atoms with van der Waals surface area (Å²) in [5, 5.41) is 8.64. The molecule has 0 bridgehead atoms. The normalized spacial score (nSPS) is 11.4. The Morgan fingerprint density at radius 2 is 1.89 bits per heavy atom. The molecule has 0 aliphatic rings. The molecular formula is C13H18N2O2S. The molecule has 1 aromatic carbocycles. The monoisotopic (exact) mass is 266 g/mol. The molecule has 0 unspecified atom stereocenters. The highest BCUT2D eigenvalue weighted by Crippen LogP contribution is 2.10. The van der Waals surface area contributed by atoms with Gasteiger partial charge in [0, 0.05) is 6.54 Å². The van der Waals surface area contributed by atoms with Gasteiger partial charge in [0.2, 0.25) is 10.0 Å². The van der Waals surface area contributed by atoms with Crippen LogP contribution in [0.3, 0.4) is 0 Å². The minimum atomic E-state index is -3.44. The summed E-state index contributed by atoms with van der Waals surface area (Å²) < 4.78 is 26.3. The Balaban J connectivity index is 2.60. The number of nitriles is 1. The fourth-order valence-corrected chi connectivity index (χ4v) is 2.58. The lowest BCUT2D eigenvalue weighted by Gasteiger charge is -2.07. The van der Waals surface area contributed by atoms with Crippen molar-refractivity contribution in [3.05, 3.63) is 29.8 Å². The van der Waals surface area contributed by atoms with E-state index in [4.69, 9.17) is 5.26 Å². The van der Waals surface area contributed by atoms with Gasteiger partial charge in [0.1, 0.15) is 0 Å². The number of sulfonamides is 1. The van der Waals surface area contributed by atoms with Gasteiger partial charge in [-0.15, -0.1) is 0 Å². The van der Waals surface area contributed by atoms with Crippen molar-refractivity contribution in [1.29, 1.82) is 5.26 Å². The molecular weight excluding hydrogens is 248 g/mol. The van der Waals surface area contributed by atoms with E-state index < -0.39 is 10.0 Å². The molecule has 0 atom stereocenters. The summed E-state index contributed by atoms with van der Waals surface area (Å²) in [5.41, 5.74) is 0.453. The van der Waals surface area contributed by atoms with Gasteiger partial charge >= 0.3 is 0 Å². The lowest BCUT2D eigenvalue weighted by atomic mass is 10.1. The van der Waals surface area contributed by atoms with Crippen LogP contribution < -0.4 is 4.72 Å². The van der Waals surface area contributed by atoms with Gasteiger partial charge in [-0.3, -0.25) is 0 Å². The number of nitrogens with one attached hydrogen (secondary N) is 1. The lowest BCUT2D eigenvalue weighted by molar-refractivity contribution is 0.540. The zero-order chi connectivity index (χ0) is 13.6. The van der Waals surface area contributed by atoms with Crippen LogP contribution in [-0.2, 0) is 10.0 Å². The first-order chi connectivity index (χ1) is 8.45. The number of nitrogens with zero attached hydrogens (tertiary/aromatic N) is 1. The summed E-state index contributed by atoms with van der Waals surface area (Å²) in [6.45, 7) is 4.66. The van der Waals surface area contributed by atoms with Crippen molar-refractivity contribution in [1.82, 2.24) is 4.72 Å². The molecule has 5 heteroatoms. The third-order valence-electron chi connectivity index (χ3n) is 2.54. The van der Waals surface area contributed by atoms with Crippen LogP contribution in [0.1, 0.15) is 32.3 Å². The number of rotatable bonds is 6. The van der Waals surface area contributed by atoms with Gasteiger partial charge in [-0.25, -0.2) is 13.1 Å². The predicted octanol–water partition coefficient (Wildman–Crippen LogP) is 2.27. The van der Waals surface area contributed by atoms with Crippen molar-refractivity contribution >= 4 is 10.0 Å². The first-order valence-corrected chi connectivity index (χ1v) is 7.44. The van der Waals surface area contributed by atoms with E-state index >= 15 is 0 Å². The van der Waals surface area contributed by atoms with E-state index in [0.29, 0.717) is 18.0 Å². The van der Waals surface area contributed by atoms with E-state index in [2.05, 4.69) is 18.6 Å². The highest BCUT2D eigenvalue weighted by molar-refractivity contribution is 7.89. The molecule has 0 aliphatic heterocycles. The second kappa shape index (κ2) is 6.53. The first-order valence-electron chi connectivity index (χ1n) is 5.95. The molecule has 0 aromatic heterocycles. The predicted molar refractivity (Wildman–Crippen MR) is 70.4 cm³/mol. The molecule has 0 heterocycles. The summed E-state index contributed by atoms with van der Waals surface area (Å²) in [6.07, 6.45) is 1.82. The molecule has 1 rings (SSSR count). The zero-order valence-corrected chi connectivity index (χ0v) is 11.5. The fourth-order valence-electron chi connectivity index (χ4n) is 1.51. The Kier molecular flexibility index (Phi) is 5.32. The van der Waals surface area contributed by atoms with Gasteiger partial charge < -0.3 is 0 Å². The number of benzene rings is 1. The minimum absolute atomic E-state index is 0.200. The average Bonchev–Trinajstić information content (AvgIpc) is 2.34. The van der Waals surface area contributed by atoms with E-state index in [9.17, 15) is 8.42 Å². The molecule has 18 heavy (non-hydrogen) atoms. The van der Waals surface area contributed by atoms with Crippen LogP contribution in [0, 0.1) is 17.2 Å². The second-order valence-corrected chi connectivity index (χ2v) is 6.34. The van der Waals surface area contributed by atoms with Gasteiger partial charge in [0.15, 0.2) is 0 Å². The minimum Gasteiger partial charge on any atom is -0.211 e. The summed E-state index contributed by atoms with van der Waals surface area (Å²) >= 11 is 0. The molecule has 0 saturated heterocycles. The number of hydrogen-bond acceptors (Lipinski definition) is 3. The van der Waals surface area contributed by atoms with Crippen LogP contribution in [-0.4, -0.2) is 15.0 Å². The average molecular weight is 266 g/mol. The summed E-state index contributed by atoms with van der Waals surface area (Å²) in [5.74, 6) is 0.574. The smallest absolute Gasteiger partial charge is 0.211 e. The molecule has 1 N–H and O–H groups in total. The summed E-state index contributed by atoms with van der Waals surface area (Å²) in [6, 6.07) is 7.86. The third kappa shape index (κ3) is 4.47. The van der Waals surface area contributed by atoms with Crippen molar-refractivity contribution in [3.63, 3.8) is 0 Å². The van der Waals surface area contributed by atoms with E-state index in [0.717, 1.165) is 12.8 Å². The van der Waals surface area contributed by atoms with Gasteiger partial charge in [-0.1, -0.05) is 13.8 Å². The maximum atomic E-state index is 11.9. The quantitative estimate of drug-likeness (QED) is 0.803. The maximum Gasteiger partial charge on any atom is 0.240 e. The van der Waals surface area contributed by atoms with Crippen molar-refractivity contribution in [2.45, 2.75) is 31.6 Å². The Labute approximate surface area is 109 Å². The summed E-state index contributed by atoms with van der Waals surface area (Å²) in [7, 11) is -3.44. The molecule has 1 aromatic rings. The van der Waals surface area contributed by atoms with E-state index in [1.165, 1.54) is 24.3 Å². The van der Waals surface area contributed by atoms with Crippen LogP contribution in [0.4, 0.5) is 0 Å². The van der Waals surface area contributed by atoms with Gasteiger partial charge in [-0.2, -0.15) is 5.26 Å². The van der Waals surface area contributed by atoms with Crippen molar-refractivity contribution in [3.8, 4) is 6.07 Å². The van der Waals surface area contributed by atoms with Crippen molar-refractivity contribution < 1.29 is 8.42 Å². The topological polar surface area (TPSA) is 70.0 Å². The van der Waals surface area contributed by atoms with E-state index in [-0.39, 0.29) is 4.90 Å². The molecule has 0 aliphatic carbocycles. The lowest BCUT2D eigenvalue weighted by Crippen LogP contribution is -2.25. The highest BCUT2D eigenvalue weighted by atomic mass is 32.2. The van der Waals surface area contributed by atoms with Crippen LogP contribution in [0.2, 0.25) is 0 Å². The fraction of sp³-hybridized carbons (Fsp3) is 0.462. The van der Waals surface area contributed by atoms with E-state index in [1.807, 2.05) is 6.07 Å². The SMILES string of the molecule is CC(C)CCCNS(=O)(=O)c1ccc(C#N)cc1. The van der Waals surface area contributed by atoms with E-state index in [1.54, 1.807) is 0 Å². The zero-order valence-electron chi connectivity index (χ0n) is 10.7. The molecule has 98 valence electrons. The molecule has 0 spiro atoms. The van der Waals surface area contributed by atoms with Crippen molar-refractivity contribution in [2.24, 2.45) is 5.92 Å². The Bertz CT molecular complexity index is 513. The molecule has 0 fully saturated rings. The number of hydrogen-bond donors (Lipinski definition) is 1. The Morgan fingerprint density at radius 3 is 2.39 bits per heavy atom. The van der Waals surface area contributed by atoms with Crippen LogP contribution >= 0.6 is 0 Å². The van der Waals surface area contributed by atoms with Crippen LogP contribution in [0.15, 0.2) is 29.2 Å². The Morgan fingerprint density at radius 1 is 1.28 bits per heavy atom. The molecule has 0 saturated carbocycles. The standard InChI is InChI=1S/C13H18N2O2S/c1-11(2)4-3-9-15-18(16,17)13-7-5-12(10-14)6-8-13/h5-8,11,15H,3-4,9H2,1-2H3. The molecule has 4 nitrogen and oxygen atoms in total. The largest absolute Gasteiger partial charge is 0.240 e. The van der Waals surface area contributed by atoms with Crippen LogP contribution in [0.25, 0.3) is 0 Å². The van der Waals surface area contributed by atoms with Gasteiger partial charge in [0.05, 0.1) is 16.5 Å². The maximum absolute atomic E-state index is 11.9. The molecule has 0 amide bonds. The second-order valence-electron chi connectivity index (χ2n) is 4.57.